The third kappa shape index (κ3) is 3.94. The van der Waals surface area contributed by atoms with Crippen molar-refractivity contribution in [2.24, 2.45) is 0 Å². The average molecular weight is 347 g/mol. The molecule has 0 aromatic heterocycles. The Morgan fingerprint density at radius 1 is 0.960 bits per heavy atom. The van der Waals surface area contributed by atoms with E-state index in [1.165, 1.54) is 26.4 Å². The van der Waals surface area contributed by atoms with Gasteiger partial charge in [0, 0.05) is 19.7 Å². The van der Waals surface area contributed by atoms with Crippen LogP contribution in [0.2, 0.25) is 0 Å². The minimum atomic E-state index is -0.662. The van der Waals surface area contributed by atoms with Gasteiger partial charge in [-0.25, -0.2) is 0 Å². The topological polar surface area (TPSA) is 108 Å². The Morgan fingerprint density at radius 3 is 2.20 bits per heavy atom. The molecule has 2 aromatic carbocycles. The molecule has 0 spiro atoms. The van der Waals surface area contributed by atoms with Crippen LogP contribution in [0.4, 0.5) is 17.1 Å². The van der Waals surface area contributed by atoms with Gasteiger partial charge in [0.25, 0.3) is 11.4 Å². The molecule has 0 aliphatic carbocycles. The van der Waals surface area contributed by atoms with E-state index in [-0.39, 0.29) is 17.1 Å². The SMILES string of the molecule is COc1ccc(CN(C)c2ccc([N+](=O)[O-])cc2[N+](=O)[O-])cc1OC. The van der Waals surface area contributed by atoms with Crippen LogP contribution < -0.4 is 14.4 Å². The Balaban J connectivity index is 2.33. The number of nitro benzene ring substituents is 2. The molecule has 132 valence electrons. The standard InChI is InChI=1S/C16H17N3O6/c1-17(10-11-4-7-15(24-2)16(8-11)25-3)13-6-5-12(18(20)21)9-14(13)19(22)23/h4-9H,10H2,1-3H3. The van der Waals surface area contributed by atoms with E-state index in [0.29, 0.717) is 18.0 Å². The first-order chi connectivity index (χ1) is 11.9. The van der Waals surface area contributed by atoms with E-state index in [1.807, 2.05) is 6.07 Å². The van der Waals surface area contributed by atoms with E-state index in [1.54, 1.807) is 24.1 Å². The average Bonchev–Trinajstić information content (AvgIpc) is 2.60. The molecule has 0 heterocycles. The molecular weight excluding hydrogens is 330 g/mol. The van der Waals surface area contributed by atoms with Gasteiger partial charge < -0.3 is 14.4 Å². The summed E-state index contributed by atoms with van der Waals surface area (Å²) < 4.78 is 10.4. The van der Waals surface area contributed by atoms with Gasteiger partial charge in [-0.2, -0.15) is 0 Å². The lowest BCUT2D eigenvalue weighted by Gasteiger charge is -2.20. The van der Waals surface area contributed by atoms with Crippen LogP contribution in [0, 0.1) is 20.2 Å². The summed E-state index contributed by atoms with van der Waals surface area (Å²) in [5, 5.41) is 22.1. The number of non-ortho nitro benzene ring substituents is 1. The Morgan fingerprint density at radius 2 is 1.64 bits per heavy atom. The molecular formula is C16H17N3O6. The summed E-state index contributed by atoms with van der Waals surface area (Å²) in [5.74, 6) is 1.13. The van der Waals surface area contributed by atoms with E-state index in [4.69, 9.17) is 9.47 Å². The molecule has 0 saturated heterocycles. The lowest BCUT2D eigenvalue weighted by Crippen LogP contribution is -2.18. The van der Waals surface area contributed by atoms with Crippen molar-refractivity contribution in [1.29, 1.82) is 0 Å². The zero-order chi connectivity index (χ0) is 18.6. The third-order valence-corrected chi connectivity index (χ3v) is 3.65. The van der Waals surface area contributed by atoms with Gasteiger partial charge in [0.05, 0.1) is 30.1 Å². The zero-order valence-corrected chi connectivity index (χ0v) is 14.0. The van der Waals surface area contributed by atoms with Gasteiger partial charge in [0.15, 0.2) is 11.5 Å². The highest BCUT2D eigenvalue weighted by Crippen LogP contribution is 2.33. The van der Waals surface area contributed by atoms with Crippen LogP contribution in [0.1, 0.15) is 5.56 Å². The molecule has 0 aliphatic heterocycles. The minimum Gasteiger partial charge on any atom is -0.493 e. The quantitative estimate of drug-likeness (QED) is 0.559. The van der Waals surface area contributed by atoms with Gasteiger partial charge in [-0.3, -0.25) is 20.2 Å². The van der Waals surface area contributed by atoms with Crippen LogP contribution in [-0.2, 0) is 6.54 Å². The number of ether oxygens (including phenoxy) is 2. The molecule has 0 saturated carbocycles. The van der Waals surface area contributed by atoms with Crippen molar-refractivity contribution in [3.05, 3.63) is 62.2 Å². The highest BCUT2D eigenvalue weighted by molar-refractivity contribution is 5.66. The fraction of sp³-hybridized carbons (Fsp3) is 0.250. The zero-order valence-electron chi connectivity index (χ0n) is 14.0. The lowest BCUT2D eigenvalue weighted by atomic mass is 10.1. The number of rotatable bonds is 7. The Hall–Kier alpha value is -3.36. The largest absolute Gasteiger partial charge is 0.493 e. The van der Waals surface area contributed by atoms with Gasteiger partial charge in [-0.15, -0.1) is 0 Å². The van der Waals surface area contributed by atoms with Crippen LogP contribution in [-0.4, -0.2) is 31.1 Å². The Bertz CT molecular complexity index is 808. The first-order valence-electron chi connectivity index (χ1n) is 7.22. The molecule has 0 bridgehead atoms. The molecule has 0 aliphatic rings. The molecule has 0 unspecified atom stereocenters. The molecule has 0 atom stereocenters. The van der Waals surface area contributed by atoms with Crippen LogP contribution in [0.25, 0.3) is 0 Å². The maximum absolute atomic E-state index is 11.3. The van der Waals surface area contributed by atoms with Gasteiger partial charge >= 0.3 is 0 Å². The first-order valence-corrected chi connectivity index (χ1v) is 7.22. The number of nitrogens with zero attached hydrogens (tertiary/aromatic N) is 3. The van der Waals surface area contributed by atoms with E-state index < -0.39 is 9.85 Å². The predicted molar refractivity (Wildman–Crippen MR) is 91.4 cm³/mol. The minimum absolute atomic E-state index is 0.283. The smallest absolute Gasteiger partial charge is 0.299 e. The molecule has 9 nitrogen and oxygen atoms in total. The second-order valence-electron chi connectivity index (χ2n) is 5.23. The fourth-order valence-corrected chi connectivity index (χ4v) is 2.43. The summed E-state index contributed by atoms with van der Waals surface area (Å²) in [7, 11) is 4.72. The highest BCUT2D eigenvalue weighted by Gasteiger charge is 2.22. The molecule has 0 amide bonds. The maximum atomic E-state index is 11.3. The number of hydrogen-bond donors (Lipinski definition) is 0. The van der Waals surface area contributed by atoms with Crippen molar-refractivity contribution in [1.82, 2.24) is 0 Å². The second kappa shape index (κ2) is 7.47. The van der Waals surface area contributed by atoms with Crippen molar-refractivity contribution in [3.8, 4) is 11.5 Å². The molecule has 0 radical (unpaired) electrons. The number of hydrogen-bond acceptors (Lipinski definition) is 7. The van der Waals surface area contributed by atoms with E-state index in [2.05, 4.69) is 0 Å². The number of benzene rings is 2. The van der Waals surface area contributed by atoms with E-state index >= 15 is 0 Å². The Labute approximate surface area is 143 Å². The van der Waals surface area contributed by atoms with Crippen LogP contribution >= 0.6 is 0 Å². The predicted octanol–water partition coefficient (Wildman–Crippen LogP) is 3.16. The van der Waals surface area contributed by atoms with Gasteiger partial charge in [-0.05, 0) is 23.8 Å². The monoisotopic (exact) mass is 347 g/mol. The van der Waals surface area contributed by atoms with Crippen molar-refractivity contribution in [2.75, 3.05) is 26.2 Å². The van der Waals surface area contributed by atoms with E-state index in [9.17, 15) is 20.2 Å². The van der Waals surface area contributed by atoms with Crippen molar-refractivity contribution in [3.63, 3.8) is 0 Å². The molecule has 2 rings (SSSR count). The van der Waals surface area contributed by atoms with Crippen LogP contribution in [0.5, 0.6) is 11.5 Å². The molecule has 0 fully saturated rings. The van der Waals surface area contributed by atoms with Crippen molar-refractivity contribution in [2.45, 2.75) is 6.54 Å². The van der Waals surface area contributed by atoms with E-state index in [0.717, 1.165) is 11.6 Å². The van der Waals surface area contributed by atoms with Crippen LogP contribution in [0.3, 0.4) is 0 Å². The maximum Gasteiger partial charge on any atom is 0.299 e. The number of methoxy groups -OCH3 is 2. The fourth-order valence-electron chi connectivity index (χ4n) is 2.43. The van der Waals surface area contributed by atoms with Gasteiger partial charge in [0.1, 0.15) is 5.69 Å². The van der Waals surface area contributed by atoms with Crippen LogP contribution in [0.15, 0.2) is 36.4 Å². The molecule has 9 heteroatoms. The number of nitro groups is 2. The summed E-state index contributed by atoms with van der Waals surface area (Å²) >= 11 is 0. The first kappa shape index (κ1) is 18.0. The van der Waals surface area contributed by atoms with Gasteiger partial charge in [-0.1, -0.05) is 6.07 Å². The summed E-state index contributed by atoms with van der Waals surface area (Å²) in [6.07, 6.45) is 0. The molecule has 25 heavy (non-hydrogen) atoms. The second-order valence-corrected chi connectivity index (χ2v) is 5.23. The van der Waals surface area contributed by atoms with Crippen molar-refractivity contribution >= 4 is 17.1 Å². The normalized spacial score (nSPS) is 10.2. The molecule has 2 aromatic rings. The lowest BCUT2D eigenvalue weighted by molar-refractivity contribution is -0.393. The van der Waals surface area contributed by atoms with Gasteiger partial charge in [0.2, 0.25) is 0 Å². The summed E-state index contributed by atoms with van der Waals surface area (Å²) in [5.41, 5.74) is 0.477. The highest BCUT2D eigenvalue weighted by atomic mass is 16.6. The number of anilines is 1. The summed E-state index contributed by atoms with van der Waals surface area (Å²) in [6.45, 7) is 0.346. The molecule has 0 N–H and O–H groups in total. The third-order valence-electron chi connectivity index (χ3n) is 3.65. The Kier molecular flexibility index (Phi) is 5.38. The summed E-state index contributed by atoms with van der Waals surface area (Å²) in [4.78, 5) is 22.4. The van der Waals surface area contributed by atoms with Crippen molar-refractivity contribution < 1.29 is 19.3 Å². The summed E-state index contributed by atoms with van der Waals surface area (Å²) in [6, 6.07) is 8.90.